The van der Waals surface area contributed by atoms with Crippen LogP contribution in [0.25, 0.3) is 0 Å². The van der Waals surface area contributed by atoms with E-state index in [0.29, 0.717) is 0 Å². The van der Waals surface area contributed by atoms with E-state index in [-0.39, 0.29) is 6.29 Å². The molecule has 0 aliphatic carbocycles. The smallest absolute Gasteiger partial charge is 0.158 e. The van der Waals surface area contributed by atoms with E-state index < -0.39 is 0 Å². The van der Waals surface area contributed by atoms with Gasteiger partial charge in [0.2, 0.25) is 0 Å². The highest BCUT2D eigenvalue weighted by atomic mass is 16.7. The van der Waals surface area contributed by atoms with Gasteiger partial charge in [-0.1, -0.05) is 0 Å². The maximum atomic E-state index is 5.49. The summed E-state index contributed by atoms with van der Waals surface area (Å²) in [6.45, 7) is 5.44. The molecule has 0 aromatic heterocycles. The molecule has 2 aliphatic rings. The minimum atomic E-state index is 0.0781. The van der Waals surface area contributed by atoms with E-state index in [1.165, 1.54) is 25.9 Å². The molecule has 13 heavy (non-hydrogen) atoms. The lowest BCUT2D eigenvalue weighted by Crippen LogP contribution is -2.30. The molecule has 3 nitrogen and oxygen atoms in total. The Morgan fingerprint density at radius 2 is 1.69 bits per heavy atom. The molecule has 0 bridgehead atoms. The van der Waals surface area contributed by atoms with Crippen LogP contribution >= 0.6 is 0 Å². The zero-order valence-electron chi connectivity index (χ0n) is 8.21. The Kier molecular flexibility index (Phi) is 3.58. The van der Waals surface area contributed by atoms with Gasteiger partial charge in [0.1, 0.15) is 0 Å². The van der Waals surface area contributed by atoms with E-state index in [4.69, 9.17) is 9.47 Å². The van der Waals surface area contributed by atoms with Gasteiger partial charge in [-0.05, 0) is 32.4 Å². The van der Waals surface area contributed by atoms with E-state index >= 15 is 0 Å². The predicted octanol–water partition coefficient (Wildman–Crippen LogP) is 1.24. The number of ether oxygens (including phenoxy) is 2. The van der Waals surface area contributed by atoms with E-state index in [2.05, 4.69) is 4.90 Å². The highest BCUT2D eigenvalue weighted by molar-refractivity contribution is 4.66. The fourth-order valence-corrected chi connectivity index (χ4v) is 2.00. The first kappa shape index (κ1) is 9.44. The van der Waals surface area contributed by atoms with Crippen molar-refractivity contribution in [2.24, 2.45) is 0 Å². The van der Waals surface area contributed by atoms with Gasteiger partial charge in [-0.2, -0.15) is 0 Å². The number of likely N-dealkylation sites (tertiary alicyclic amines) is 1. The van der Waals surface area contributed by atoms with Crippen molar-refractivity contribution in [3.63, 3.8) is 0 Å². The summed E-state index contributed by atoms with van der Waals surface area (Å²) < 4.78 is 11.0. The number of hydrogen-bond acceptors (Lipinski definition) is 3. The molecule has 0 atom stereocenters. The van der Waals surface area contributed by atoms with Crippen molar-refractivity contribution < 1.29 is 9.47 Å². The first-order valence-electron chi connectivity index (χ1n) is 5.41. The zero-order chi connectivity index (χ0) is 8.93. The summed E-state index contributed by atoms with van der Waals surface area (Å²) in [7, 11) is 0. The van der Waals surface area contributed by atoms with Crippen LogP contribution < -0.4 is 0 Å². The van der Waals surface area contributed by atoms with Crippen LogP contribution in [0.5, 0.6) is 0 Å². The topological polar surface area (TPSA) is 21.7 Å². The Morgan fingerprint density at radius 3 is 2.38 bits per heavy atom. The summed E-state index contributed by atoms with van der Waals surface area (Å²) in [5.41, 5.74) is 0. The predicted molar refractivity (Wildman–Crippen MR) is 50.6 cm³/mol. The third kappa shape index (κ3) is 2.93. The SMILES string of the molecule is C1COC(CCN2CCCC2)OC1. The molecule has 0 unspecified atom stereocenters. The van der Waals surface area contributed by atoms with Gasteiger partial charge < -0.3 is 14.4 Å². The van der Waals surface area contributed by atoms with Gasteiger partial charge in [-0.15, -0.1) is 0 Å². The second-order valence-corrected chi connectivity index (χ2v) is 3.86. The van der Waals surface area contributed by atoms with Crippen molar-refractivity contribution in [2.75, 3.05) is 32.8 Å². The molecule has 2 fully saturated rings. The van der Waals surface area contributed by atoms with Crippen LogP contribution in [0.2, 0.25) is 0 Å². The molecule has 2 rings (SSSR count). The standard InChI is InChI=1S/C10H19NO2/c1-2-6-11(5-1)7-4-10-12-8-3-9-13-10/h10H,1-9H2. The summed E-state index contributed by atoms with van der Waals surface area (Å²) in [5, 5.41) is 0. The maximum absolute atomic E-state index is 5.49. The molecule has 2 heterocycles. The largest absolute Gasteiger partial charge is 0.353 e. The summed E-state index contributed by atoms with van der Waals surface area (Å²) in [6, 6.07) is 0. The van der Waals surface area contributed by atoms with Gasteiger partial charge in [0, 0.05) is 13.0 Å². The average Bonchev–Trinajstić information content (AvgIpc) is 2.69. The monoisotopic (exact) mass is 185 g/mol. The summed E-state index contributed by atoms with van der Waals surface area (Å²) in [4.78, 5) is 2.50. The van der Waals surface area contributed by atoms with Crippen molar-refractivity contribution in [3.8, 4) is 0 Å². The number of rotatable bonds is 3. The molecule has 0 aromatic carbocycles. The first-order chi connectivity index (χ1) is 6.45. The van der Waals surface area contributed by atoms with E-state index in [1.807, 2.05) is 0 Å². The Morgan fingerprint density at radius 1 is 1.00 bits per heavy atom. The summed E-state index contributed by atoms with van der Waals surface area (Å²) in [5.74, 6) is 0. The maximum Gasteiger partial charge on any atom is 0.158 e. The van der Waals surface area contributed by atoms with Crippen molar-refractivity contribution >= 4 is 0 Å². The second kappa shape index (κ2) is 4.94. The van der Waals surface area contributed by atoms with Gasteiger partial charge in [0.05, 0.1) is 13.2 Å². The first-order valence-corrected chi connectivity index (χ1v) is 5.41. The van der Waals surface area contributed by atoms with Gasteiger partial charge in [-0.3, -0.25) is 0 Å². The lowest BCUT2D eigenvalue weighted by Gasteiger charge is -2.25. The third-order valence-corrected chi connectivity index (χ3v) is 2.78. The van der Waals surface area contributed by atoms with Crippen LogP contribution in [-0.2, 0) is 9.47 Å². The summed E-state index contributed by atoms with van der Waals surface area (Å²) >= 11 is 0. The van der Waals surface area contributed by atoms with Crippen LogP contribution in [0.3, 0.4) is 0 Å². The highest BCUT2D eigenvalue weighted by Gasteiger charge is 2.17. The molecule has 76 valence electrons. The quantitative estimate of drug-likeness (QED) is 0.660. The Hall–Kier alpha value is -0.120. The lowest BCUT2D eigenvalue weighted by molar-refractivity contribution is -0.182. The fourth-order valence-electron chi connectivity index (χ4n) is 2.00. The minimum absolute atomic E-state index is 0.0781. The molecule has 0 spiro atoms. The summed E-state index contributed by atoms with van der Waals surface area (Å²) in [6.07, 6.45) is 4.91. The number of hydrogen-bond donors (Lipinski definition) is 0. The molecule has 3 heteroatoms. The van der Waals surface area contributed by atoms with E-state index in [9.17, 15) is 0 Å². The highest BCUT2D eigenvalue weighted by Crippen LogP contribution is 2.12. The van der Waals surface area contributed by atoms with Crippen LogP contribution in [0.15, 0.2) is 0 Å². The Bertz CT molecular complexity index is 140. The van der Waals surface area contributed by atoms with Gasteiger partial charge in [-0.25, -0.2) is 0 Å². The molecule has 2 saturated heterocycles. The van der Waals surface area contributed by atoms with Crippen LogP contribution in [-0.4, -0.2) is 44.0 Å². The second-order valence-electron chi connectivity index (χ2n) is 3.86. The van der Waals surface area contributed by atoms with Crippen LogP contribution in [0, 0.1) is 0 Å². The molecule has 0 aromatic rings. The van der Waals surface area contributed by atoms with Crippen molar-refractivity contribution in [1.29, 1.82) is 0 Å². The molecule has 2 aliphatic heterocycles. The van der Waals surface area contributed by atoms with Crippen LogP contribution in [0.4, 0.5) is 0 Å². The van der Waals surface area contributed by atoms with E-state index in [1.54, 1.807) is 0 Å². The lowest BCUT2D eigenvalue weighted by atomic mass is 10.3. The Balaban J connectivity index is 1.60. The van der Waals surface area contributed by atoms with Gasteiger partial charge in [0.15, 0.2) is 6.29 Å². The molecular formula is C10H19NO2. The van der Waals surface area contributed by atoms with Crippen molar-refractivity contribution in [2.45, 2.75) is 32.0 Å². The Labute approximate surface area is 80.0 Å². The van der Waals surface area contributed by atoms with E-state index in [0.717, 1.165) is 32.6 Å². The van der Waals surface area contributed by atoms with Gasteiger partial charge >= 0.3 is 0 Å². The molecular weight excluding hydrogens is 166 g/mol. The normalized spacial score (nSPS) is 26.8. The molecule has 0 radical (unpaired) electrons. The van der Waals surface area contributed by atoms with Crippen LogP contribution in [0.1, 0.15) is 25.7 Å². The van der Waals surface area contributed by atoms with Gasteiger partial charge in [0.25, 0.3) is 0 Å². The third-order valence-electron chi connectivity index (χ3n) is 2.78. The number of nitrogens with zero attached hydrogens (tertiary/aromatic N) is 1. The molecule has 0 N–H and O–H groups in total. The zero-order valence-corrected chi connectivity index (χ0v) is 8.21. The minimum Gasteiger partial charge on any atom is -0.353 e. The molecule has 0 saturated carbocycles. The van der Waals surface area contributed by atoms with Crippen molar-refractivity contribution in [3.05, 3.63) is 0 Å². The molecule has 0 amide bonds. The fraction of sp³-hybridized carbons (Fsp3) is 1.00. The average molecular weight is 185 g/mol. The van der Waals surface area contributed by atoms with Crippen molar-refractivity contribution in [1.82, 2.24) is 4.90 Å².